The largest absolute Gasteiger partial charge is 0.484 e. The molecule has 4 nitrogen and oxygen atoms in total. The number of rotatable bonds is 6. The number of ether oxygens (including phenoxy) is 1. The van der Waals surface area contributed by atoms with Crippen LogP contribution in [0, 0.1) is 0 Å². The highest BCUT2D eigenvalue weighted by molar-refractivity contribution is 9.10. The lowest BCUT2D eigenvalue weighted by Crippen LogP contribution is -2.24. The summed E-state index contributed by atoms with van der Waals surface area (Å²) in [6.45, 7) is -0.0925. The Kier molecular flexibility index (Phi) is 6.30. The first-order valence-corrected chi connectivity index (χ1v) is 9.94. The summed E-state index contributed by atoms with van der Waals surface area (Å²) in [4.78, 5) is 13.0. The second-order valence-corrected chi connectivity index (χ2v) is 7.30. The lowest BCUT2D eigenvalue weighted by Gasteiger charge is -2.06. The van der Waals surface area contributed by atoms with Gasteiger partial charge in [0.2, 0.25) is 0 Å². The molecular formula is C20H17BrN2O2S. The van der Waals surface area contributed by atoms with E-state index in [0.717, 1.165) is 20.8 Å². The van der Waals surface area contributed by atoms with Gasteiger partial charge in [0.15, 0.2) is 6.61 Å². The molecule has 0 bridgehead atoms. The molecule has 1 N–H and O–H groups in total. The third-order valence-electron chi connectivity index (χ3n) is 3.66. The number of thioether (sulfide) groups is 1. The van der Waals surface area contributed by atoms with Gasteiger partial charge in [-0.2, -0.15) is 5.10 Å². The summed E-state index contributed by atoms with van der Waals surface area (Å²) in [5.41, 5.74) is 3.39. The van der Waals surface area contributed by atoms with Gasteiger partial charge >= 0.3 is 0 Å². The Hall–Kier alpha value is -2.31. The van der Waals surface area contributed by atoms with Crippen LogP contribution in [0.5, 0.6) is 5.75 Å². The zero-order valence-corrected chi connectivity index (χ0v) is 16.5. The number of hydrogen-bond acceptors (Lipinski definition) is 4. The number of amides is 1. The van der Waals surface area contributed by atoms with Crippen molar-refractivity contribution in [2.75, 3.05) is 12.9 Å². The summed E-state index contributed by atoms with van der Waals surface area (Å²) in [6, 6.07) is 19.6. The zero-order valence-electron chi connectivity index (χ0n) is 14.1. The number of nitrogens with one attached hydrogen (secondary N) is 1. The van der Waals surface area contributed by atoms with E-state index < -0.39 is 0 Å². The number of hydrazone groups is 1. The van der Waals surface area contributed by atoms with E-state index in [2.05, 4.69) is 26.5 Å². The van der Waals surface area contributed by atoms with E-state index in [1.54, 1.807) is 18.0 Å². The number of hydrogen-bond donors (Lipinski definition) is 1. The lowest BCUT2D eigenvalue weighted by molar-refractivity contribution is -0.123. The summed E-state index contributed by atoms with van der Waals surface area (Å²) in [7, 11) is 0. The minimum Gasteiger partial charge on any atom is -0.484 e. The Morgan fingerprint density at radius 1 is 1.12 bits per heavy atom. The minimum atomic E-state index is -0.308. The molecule has 0 saturated heterocycles. The van der Waals surface area contributed by atoms with Crippen LogP contribution in [0.4, 0.5) is 0 Å². The van der Waals surface area contributed by atoms with Crippen molar-refractivity contribution < 1.29 is 9.53 Å². The number of benzene rings is 3. The molecule has 1 amide bonds. The SMILES string of the molecule is CSc1ccc(/C=N/NC(=O)COc2ccc3cc(Br)ccc3c2)cc1. The van der Waals surface area contributed by atoms with Gasteiger partial charge in [0, 0.05) is 9.37 Å². The van der Waals surface area contributed by atoms with E-state index in [4.69, 9.17) is 4.74 Å². The monoisotopic (exact) mass is 428 g/mol. The molecule has 0 aromatic heterocycles. The third-order valence-corrected chi connectivity index (χ3v) is 4.90. The second-order valence-electron chi connectivity index (χ2n) is 5.51. The third kappa shape index (κ3) is 5.09. The maximum atomic E-state index is 11.9. The van der Waals surface area contributed by atoms with Gasteiger partial charge in [0.1, 0.15) is 5.75 Å². The highest BCUT2D eigenvalue weighted by atomic mass is 79.9. The summed E-state index contributed by atoms with van der Waals surface area (Å²) < 4.78 is 6.57. The van der Waals surface area contributed by atoms with Crippen LogP contribution in [-0.2, 0) is 4.79 Å². The highest BCUT2D eigenvalue weighted by Gasteiger charge is 2.03. The van der Waals surface area contributed by atoms with Crippen LogP contribution >= 0.6 is 27.7 Å². The first-order valence-electron chi connectivity index (χ1n) is 7.92. The normalized spacial score (nSPS) is 11.0. The van der Waals surface area contributed by atoms with Gasteiger partial charge in [-0.05, 0) is 59.0 Å². The molecule has 0 aliphatic heterocycles. The maximum Gasteiger partial charge on any atom is 0.277 e. The van der Waals surface area contributed by atoms with Crippen molar-refractivity contribution in [2.45, 2.75) is 4.90 Å². The number of nitrogens with zero attached hydrogens (tertiary/aromatic N) is 1. The van der Waals surface area contributed by atoms with Gasteiger partial charge in [-0.1, -0.05) is 40.2 Å². The van der Waals surface area contributed by atoms with Gasteiger partial charge in [-0.15, -0.1) is 11.8 Å². The number of carbonyl (C=O) groups is 1. The second kappa shape index (κ2) is 8.87. The Bertz CT molecular complexity index is 942. The number of halogens is 1. The molecular weight excluding hydrogens is 412 g/mol. The van der Waals surface area contributed by atoms with Crippen molar-refractivity contribution in [1.29, 1.82) is 0 Å². The topological polar surface area (TPSA) is 50.7 Å². The Labute approximate surface area is 164 Å². The number of fused-ring (bicyclic) bond motifs is 1. The molecule has 0 heterocycles. The van der Waals surface area contributed by atoms with Crippen molar-refractivity contribution in [3.63, 3.8) is 0 Å². The zero-order chi connectivity index (χ0) is 18.4. The molecule has 26 heavy (non-hydrogen) atoms. The van der Waals surface area contributed by atoms with Crippen LogP contribution < -0.4 is 10.2 Å². The van der Waals surface area contributed by atoms with E-state index in [9.17, 15) is 4.79 Å². The molecule has 0 atom stereocenters. The van der Waals surface area contributed by atoms with Crippen molar-refractivity contribution >= 4 is 50.6 Å². The first-order chi connectivity index (χ1) is 12.6. The Balaban J connectivity index is 1.51. The van der Waals surface area contributed by atoms with Crippen LogP contribution in [0.1, 0.15) is 5.56 Å². The molecule has 3 aromatic rings. The predicted octanol–water partition coefficient (Wildman–Crippen LogP) is 4.85. The van der Waals surface area contributed by atoms with Gasteiger partial charge in [0.25, 0.3) is 5.91 Å². The van der Waals surface area contributed by atoms with Gasteiger partial charge < -0.3 is 4.74 Å². The van der Waals surface area contributed by atoms with Crippen LogP contribution in [0.25, 0.3) is 10.8 Å². The van der Waals surface area contributed by atoms with Crippen molar-refractivity contribution in [1.82, 2.24) is 5.43 Å². The van der Waals surface area contributed by atoms with Crippen molar-refractivity contribution in [3.8, 4) is 5.75 Å². The molecule has 0 unspecified atom stereocenters. The highest BCUT2D eigenvalue weighted by Crippen LogP contribution is 2.24. The van der Waals surface area contributed by atoms with E-state index in [1.165, 1.54) is 4.90 Å². The fourth-order valence-electron chi connectivity index (χ4n) is 2.33. The smallest absolute Gasteiger partial charge is 0.277 e. The summed E-state index contributed by atoms with van der Waals surface area (Å²) >= 11 is 5.13. The van der Waals surface area contributed by atoms with Crippen LogP contribution in [0.3, 0.4) is 0 Å². The molecule has 0 fully saturated rings. The van der Waals surface area contributed by atoms with E-state index >= 15 is 0 Å². The van der Waals surface area contributed by atoms with Crippen LogP contribution in [0.15, 0.2) is 75.1 Å². The predicted molar refractivity (Wildman–Crippen MR) is 111 cm³/mol. The van der Waals surface area contributed by atoms with Crippen molar-refractivity contribution in [3.05, 3.63) is 70.7 Å². The summed E-state index contributed by atoms with van der Waals surface area (Å²) in [5, 5.41) is 6.11. The average Bonchev–Trinajstić information content (AvgIpc) is 2.67. The Morgan fingerprint density at radius 3 is 2.62 bits per heavy atom. The molecule has 6 heteroatoms. The molecule has 0 aliphatic carbocycles. The molecule has 0 spiro atoms. The average molecular weight is 429 g/mol. The van der Waals surface area contributed by atoms with Gasteiger partial charge in [0.05, 0.1) is 6.21 Å². The molecule has 132 valence electrons. The first kappa shape index (κ1) is 18.5. The maximum absolute atomic E-state index is 11.9. The van der Waals surface area contributed by atoms with E-state index in [1.807, 2.05) is 66.9 Å². The van der Waals surface area contributed by atoms with Gasteiger partial charge in [-0.3, -0.25) is 4.79 Å². The number of carbonyl (C=O) groups excluding carboxylic acids is 1. The molecule has 3 aromatic carbocycles. The molecule has 0 saturated carbocycles. The van der Waals surface area contributed by atoms with Crippen molar-refractivity contribution in [2.24, 2.45) is 5.10 Å². The lowest BCUT2D eigenvalue weighted by atomic mass is 10.1. The van der Waals surface area contributed by atoms with Crippen LogP contribution in [0.2, 0.25) is 0 Å². The minimum absolute atomic E-state index is 0.0925. The molecule has 0 aliphatic rings. The molecule has 3 rings (SSSR count). The fraction of sp³-hybridized carbons (Fsp3) is 0.100. The quantitative estimate of drug-likeness (QED) is 0.346. The standard InChI is InChI=1S/C20H17BrN2O2S/c1-26-19-8-2-14(3-9-19)12-22-23-20(24)13-25-18-7-5-15-10-17(21)6-4-16(15)11-18/h2-12H,13H2,1H3,(H,23,24)/b22-12+. The van der Waals surface area contributed by atoms with E-state index in [0.29, 0.717) is 5.75 Å². The fourth-order valence-corrected chi connectivity index (χ4v) is 3.12. The van der Waals surface area contributed by atoms with E-state index in [-0.39, 0.29) is 12.5 Å². The summed E-state index contributed by atoms with van der Waals surface area (Å²) in [6.07, 6.45) is 3.63. The Morgan fingerprint density at radius 2 is 1.85 bits per heavy atom. The van der Waals surface area contributed by atoms with Crippen LogP contribution in [-0.4, -0.2) is 25.0 Å². The summed E-state index contributed by atoms with van der Waals surface area (Å²) in [5.74, 6) is 0.337. The molecule has 0 radical (unpaired) electrons. The van der Waals surface area contributed by atoms with Gasteiger partial charge in [-0.25, -0.2) is 5.43 Å².